The molecule has 1 amide bonds. The third-order valence-electron chi connectivity index (χ3n) is 5.18. The van der Waals surface area contributed by atoms with E-state index in [1.54, 1.807) is 37.3 Å². The molecule has 166 valence electrons. The van der Waals surface area contributed by atoms with Crippen molar-refractivity contribution in [2.75, 3.05) is 5.32 Å². The highest BCUT2D eigenvalue weighted by Crippen LogP contribution is 2.20. The van der Waals surface area contributed by atoms with Crippen LogP contribution in [0.5, 0.6) is 0 Å². The van der Waals surface area contributed by atoms with Gasteiger partial charge in [0.2, 0.25) is 11.3 Å². The Hall–Kier alpha value is -3.84. The molecule has 2 aromatic heterocycles. The number of hydrogen-bond acceptors (Lipinski definition) is 4. The van der Waals surface area contributed by atoms with Crippen molar-refractivity contribution >= 4 is 40.0 Å². The van der Waals surface area contributed by atoms with Gasteiger partial charge in [0.25, 0.3) is 0 Å². The quantitative estimate of drug-likeness (QED) is 0.436. The Morgan fingerprint density at radius 3 is 2.48 bits per heavy atom. The van der Waals surface area contributed by atoms with Gasteiger partial charge in [-0.25, -0.2) is 9.37 Å². The summed E-state index contributed by atoms with van der Waals surface area (Å²) in [6.07, 6.45) is 1.32. The van der Waals surface area contributed by atoms with Gasteiger partial charge >= 0.3 is 0 Å². The highest BCUT2D eigenvalue weighted by molar-refractivity contribution is 6.31. The number of carbonyl (C=O) groups excluding carboxylic acids is 2. The molecule has 0 bridgehead atoms. The fourth-order valence-corrected chi connectivity index (χ4v) is 3.61. The van der Waals surface area contributed by atoms with Gasteiger partial charge in [0.05, 0.1) is 10.9 Å². The number of amides is 1. The van der Waals surface area contributed by atoms with E-state index in [2.05, 4.69) is 10.3 Å². The number of aromatic nitrogens is 2. The summed E-state index contributed by atoms with van der Waals surface area (Å²) in [6, 6.07) is 13.3. The number of nitrogens with one attached hydrogen (secondary N) is 1. The van der Waals surface area contributed by atoms with Gasteiger partial charge in [-0.15, -0.1) is 0 Å². The van der Waals surface area contributed by atoms with Crippen molar-refractivity contribution in [1.29, 1.82) is 0 Å². The van der Waals surface area contributed by atoms with E-state index in [9.17, 15) is 18.8 Å². The van der Waals surface area contributed by atoms with Crippen LogP contribution in [-0.4, -0.2) is 21.2 Å². The van der Waals surface area contributed by atoms with Crippen molar-refractivity contribution in [3.8, 4) is 0 Å². The lowest BCUT2D eigenvalue weighted by molar-refractivity contribution is -0.116. The second-order valence-corrected chi connectivity index (χ2v) is 8.08. The lowest BCUT2D eigenvalue weighted by Crippen LogP contribution is -2.25. The number of anilines is 1. The summed E-state index contributed by atoms with van der Waals surface area (Å²) in [5.74, 6) is -1.44. The first-order valence-electron chi connectivity index (χ1n) is 10.1. The van der Waals surface area contributed by atoms with Crippen LogP contribution in [0, 0.1) is 19.7 Å². The van der Waals surface area contributed by atoms with Crippen LogP contribution in [0.25, 0.3) is 11.0 Å². The fourth-order valence-electron chi connectivity index (χ4n) is 3.42. The van der Waals surface area contributed by atoms with Crippen LogP contribution < -0.4 is 10.7 Å². The number of pyridine rings is 2. The van der Waals surface area contributed by atoms with Crippen molar-refractivity contribution in [2.45, 2.75) is 20.4 Å². The van der Waals surface area contributed by atoms with Crippen molar-refractivity contribution < 1.29 is 14.0 Å². The Kier molecular flexibility index (Phi) is 6.07. The van der Waals surface area contributed by atoms with E-state index in [1.807, 2.05) is 6.92 Å². The first-order chi connectivity index (χ1) is 15.7. The lowest BCUT2D eigenvalue weighted by atomic mass is 10.0. The zero-order valence-corrected chi connectivity index (χ0v) is 18.6. The number of fused-ring (bicyclic) bond motifs is 1. The molecule has 1 N–H and O–H groups in total. The Morgan fingerprint density at radius 1 is 1.06 bits per heavy atom. The van der Waals surface area contributed by atoms with E-state index in [0.29, 0.717) is 16.4 Å². The van der Waals surface area contributed by atoms with E-state index in [0.717, 1.165) is 17.7 Å². The van der Waals surface area contributed by atoms with Gasteiger partial charge in [-0.1, -0.05) is 17.7 Å². The molecule has 0 aliphatic heterocycles. The Morgan fingerprint density at radius 2 is 1.79 bits per heavy atom. The predicted octanol–water partition coefficient (Wildman–Crippen LogP) is 4.68. The first-order valence-corrected chi connectivity index (χ1v) is 10.5. The maximum Gasteiger partial charge on any atom is 0.244 e. The average molecular weight is 464 g/mol. The fraction of sp³-hybridized carbons (Fsp3) is 0.120. The smallest absolute Gasteiger partial charge is 0.244 e. The number of ketones is 1. The number of hydrogen-bond donors (Lipinski definition) is 1. The van der Waals surface area contributed by atoms with E-state index in [1.165, 1.54) is 22.9 Å². The SMILES string of the molecule is Cc1ccc2c(=O)c(C(=O)c3ccc(F)cc3)cn(CC(=O)Nc3ccc(C)c(Cl)c3)c2n1. The van der Waals surface area contributed by atoms with Gasteiger partial charge in [-0.05, 0) is 67.9 Å². The average Bonchev–Trinajstić information content (AvgIpc) is 2.78. The number of halogens is 2. The molecule has 0 atom stereocenters. The Labute approximate surface area is 193 Å². The van der Waals surface area contributed by atoms with Crippen molar-refractivity contribution in [3.05, 3.63) is 104 Å². The van der Waals surface area contributed by atoms with Gasteiger partial charge in [-0.3, -0.25) is 14.4 Å². The third-order valence-corrected chi connectivity index (χ3v) is 5.59. The molecule has 8 heteroatoms. The molecular weight excluding hydrogens is 445 g/mol. The molecule has 6 nitrogen and oxygen atoms in total. The maximum absolute atomic E-state index is 13.3. The summed E-state index contributed by atoms with van der Waals surface area (Å²) in [6.45, 7) is 3.43. The highest BCUT2D eigenvalue weighted by atomic mass is 35.5. The van der Waals surface area contributed by atoms with Gasteiger partial charge in [0.1, 0.15) is 18.0 Å². The number of aryl methyl sites for hydroxylation is 2. The molecule has 0 radical (unpaired) electrons. The van der Waals surface area contributed by atoms with Gasteiger partial charge in [0, 0.05) is 28.2 Å². The van der Waals surface area contributed by atoms with Crippen LogP contribution >= 0.6 is 11.6 Å². The van der Waals surface area contributed by atoms with Crippen LogP contribution in [0.1, 0.15) is 27.2 Å². The summed E-state index contributed by atoms with van der Waals surface area (Å²) in [7, 11) is 0. The third kappa shape index (κ3) is 4.68. The summed E-state index contributed by atoms with van der Waals surface area (Å²) in [4.78, 5) is 43.3. The molecule has 0 aliphatic carbocycles. The molecule has 0 fully saturated rings. The minimum absolute atomic E-state index is 0.133. The summed E-state index contributed by atoms with van der Waals surface area (Å²) in [5.41, 5.74) is 1.86. The second kappa shape index (κ2) is 8.96. The van der Waals surface area contributed by atoms with E-state index in [-0.39, 0.29) is 34.6 Å². The van der Waals surface area contributed by atoms with Crippen molar-refractivity contribution in [1.82, 2.24) is 9.55 Å². The summed E-state index contributed by atoms with van der Waals surface area (Å²) in [5, 5.41) is 3.49. The zero-order chi connectivity index (χ0) is 23.7. The summed E-state index contributed by atoms with van der Waals surface area (Å²) >= 11 is 6.13. The molecule has 0 spiro atoms. The van der Waals surface area contributed by atoms with Crippen LogP contribution in [0.3, 0.4) is 0 Å². The molecule has 0 saturated heterocycles. The highest BCUT2D eigenvalue weighted by Gasteiger charge is 2.19. The Bertz CT molecular complexity index is 1460. The number of nitrogens with zero attached hydrogens (tertiary/aromatic N) is 2. The molecule has 0 aliphatic rings. The van der Waals surface area contributed by atoms with E-state index in [4.69, 9.17) is 11.6 Å². The molecule has 33 heavy (non-hydrogen) atoms. The Balaban J connectivity index is 1.75. The monoisotopic (exact) mass is 463 g/mol. The number of benzene rings is 2. The standard InChI is InChI=1S/C25H19ClFN3O3/c1-14-3-9-18(11-21(14)26)29-22(31)13-30-12-20(23(32)16-5-7-17(27)8-6-16)24(33)19-10-4-15(2)28-25(19)30/h3-12H,13H2,1-2H3,(H,29,31). The van der Waals surface area contributed by atoms with Gasteiger partial charge in [0.15, 0.2) is 5.78 Å². The number of rotatable bonds is 5. The molecule has 4 rings (SSSR count). The van der Waals surface area contributed by atoms with Crippen molar-refractivity contribution in [3.63, 3.8) is 0 Å². The topological polar surface area (TPSA) is 81.1 Å². The van der Waals surface area contributed by atoms with Gasteiger partial charge in [-0.2, -0.15) is 0 Å². The van der Waals surface area contributed by atoms with Crippen LogP contribution in [0.2, 0.25) is 5.02 Å². The zero-order valence-electron chi connectivity index (χ0n) is 17.9. The minimum Gasteiger partial charge on any atom is -0.324 e. The lowest BCUT2D eigenvalue weighted by Gasteiger charge is -2.13. The van der Waals surface area contributed by atoms with Gasteiger partial charge < -0.3 is 9.88 Å². The summed E-state index contributed by atoms with van der Waals surface area (Å²) < 4.78 is 14.7. The maximum atomic E-state index is 13.3. The molecule has 4 aromatic rings. The molecular formula is C25H19ClFN3O3. The molecule has 2 aromatic carbocycles. The second-order valence-electron chi connectivity index (χ2n) is 7.67. The number of carbonyl (C=O) groups is 2. The largest absolute Gasteiger partial charge is 0.324 e. The first kappa shape index (κ1) is 22.4. The van der Waals surface area contributed by atoms with E-state index < -0.39 is 17.0 Å². The minimum atomic E-state index is -0.568. The van der Waals surface area contributed by atoms with Crippen molar-refractivity contribution in [2.24, 2.45) is 0 Å². The molecule has 0 unspecified atom stereocenters. The molecule has 0 saturated carbocycles. The van der Waals surface area contributed by atoms with E-state index >= 15 is 0 Å². The normalized spacial score (nSPS) is 10.9. The van der Waals surface area contributed by atoms with Crippen LogP contribution in [0.4, 0.5) is 10.1 Å². The van der Waals surface area contributed by atoms with Crippen LogP contribution in [-0.2, 0) is 11.3 Å². The van der Waals surface area contributed by atoms with Crippen LogP contribution in [0.15, 0.2) is 65.6 Å². The molecule has 2 heterocycles. The predicted molar refractivity (Wildman–Crippen MR) is 125 cm³/mol.